The highest BCUT2D eigenvalue weighted by molar-refractivity contribution is 6.30. The van der Waals surface area contributed by atoms with E-state index in [-0.39, 0.29) is 11.8 Å². The van der Waals surface area contributed by atoms with Crippen LogP contribution in [0.25, 0.3) is 0 Å². The molecule has 1 aromatic carbocycles. The van der Waals surface area contributed by atoms with Gasteiger partial charge in [-0.25, -0.2) is 0 Å². The first-order valence-corrected chi connectivity index (χ1v) is 7.79. The Morgan fingerprint density at radius 3 is 3.17 bits per heavy atom. The fourth-order valence-electron chi connectivity index (χ4n) is 2.62. The van der Waals surface area contributed by atoms with Crippen LogP contribution in [0.4, 0.5) is 0 Å². The summed E-state index contributed by atoms with van der Waals surface area (Å²) in [5.41, 5.74) is 0.995. The quantitative estimate of drug-likeness (QED) is 0.906. The zero-order valence-corrected chi connectivity index (χ0v) is 13.5. The highest BCUT2D eigenvalue weighted by Gasteiger charge is 2.27. The number of halogens is 1. The number of para-hydroxylation sites is 1. The van der Waals surface area contributed by atoms with E-state index in [1.54, 1.807) is 24.2 Å². The maximum atomic E-state index is 12.3. The first kappa shape index (κ1) is 15.7. The van der Waals surface area contributed by atoms with E-state index < -0.39 is 0 Å². The van der Waals surface area contributed by atoms with Gasteiger partial charge >= 0.3 is 0 Å². The number of amides is 1. The van der Waals surface area contributed by atoms with Crippen molar-refractivity contribution in [2.24, 2.45) is 5.92 Å². The van der Waals surface area contributed by atoms with Crippen molar-refractivity contribution in [2.75, 3.05) is 20.3 Å². The molecule has 7 heteroatoms. The van der Waals surface area contributed by atoms with Gasteiger partial charge in [-0.15, -0.1) is 0 Å². The molecule has 1 aliphatic rings. The smallest absolute Gasteiger partial charge is 0.226 e. The van der Waals surface area contributed by atoms with Crippen LogP contribution in [0.1, 0.15) is 5.56 Å². The maximum absolute atomic E-state index is 12.3. The maximum Gasteiger partial charge on any atom is 0.226 e. The molecule has 0 spiro atoms. The Balaban J connectivity index is 1.54. The molecular weight excluding hydrogens is 318 g/mol. The molecule has 2 heterocycles. The summed E-state index contributed by atoms with van der Waals surface area (Å²) in [6.45, 7) is 1.43. The molecule has 0 fully saturated rings. The van der Waals surface area contributed by atoms with E-state index in [1.807, 2.05) is 18.2 Å². The number of carbonyl (C=O) groups excluding carboxylic acids is 1. The lowest BCUT2D eigenvalue weighted by Gasteiger charge is -2.25. The second-order valence-electron chi connectivity index (χ2n) is 5.37. The van der Waals surface area contributed by atoms with Crippen molar-refractivity contribution in [3.05, 3.63) is 41.2 Å². The molecule has 6 nitrogen and oxygen atoms in total. The van der Waals surface area contributed by atoms with E-state index in [4.69, 9.17) is 21.1 Å². The number of ether oxygens (including phenoxy) is 2. The summed E-state index contributed by atoms with van der Waals surface area (Å²) in [7, 11) is 1.61. The number of rotatable bonds is 5. The molecule has 1 atom stereocenters. The van der Waals surface area contributed by atoms with Crippen molar-refractivity contribution in [3.8, 4) is 11.5 Å². The van der Waals surface area contributed by atoms with E-state index in [1.165, 1.54) is 0 Å². The summed E-state index contributed by atoms with van der Waals surface area (Å²) >= 11 is 5.80. The van der Waals surface area contributed by atoms with Gasteiger partial charge in [0.25, 0.3) is 0 Å². The van der Waals surface area contributed by atoms with Crippen LogP contribution in [0.2, 0.25) is 5.02 Å². The Morgan fingerprint density at radius 2 is 2.43 bits per heavy atom. The highest BCUT2D eigenvalue weighted by atomic mass is 35.5. The number of nitrogens with zero attached hydrogens (tertiary/aromatic N) is 2. The van der Waals surface area contributed by atoms with E-state index in [0.29, 0.717) is 36.9 Å². The Hall–Kier alpha value is -2.21. The Morgan fingerprint density at radius 1 is 1.57 bits per heavy atom. The monoisotopic (exact) mass is 335 g/mol. The molecule has 0 bridgehead atoms. The zero-order valence-electron chi connectivity index (χ0n) is 12.8. The third kappa shape index (κ3) is 3.59. The fraction of sp³-hybridized carbons (Fsp3) is 0.375. The first-order chi connectivity index (χ1) is 11.2. The average molecular weight is 336 g/mol. The molecule has 23 heavy (non-hydrogen) atoms. The van der Waals surface area contributed by atoms with Crippen LogP contribution in [0.15, 0.2) is 30.6 Å². The number of aromatic nitrogens is 2. The number of benzene rings is 1. The van der Waals surface area contributed by atoms with Gasteiger partial charge in [0.2, 0.25) is 5.91 Å². The minimum atomic E-state index is -0.198. The SMILES string of the molecule is COc1cccc2c1OCC(C(=O)NCCn1cc(Cl)cn1)C2. The third-order valence-corrected chi connectivity index (χ3v) is 3.98. The lowest BCUT2D eigenvalue weighted by atomic mass is 9.95. The standard InChI is InChI=1S/C16H18ClN3O3/c1-22-14-4-2-3-11-7-12(10-23-15(11)14)16(21)18-5-6-20-9-13(17)8-19-20/h2-4,8-9,12H,5-7,10H2,1H3,(H,18,21). The number of fused-ring (bicyclic) bond motifs is 1. The first-order valence-electron chi connectivity index (χ1n) is 7.41. The number of hydrogen-bond acceptors (Lipinski definition) is 4. The summed E-state index contributed by atoms with van der Waals surface area (Å²) in [5.74, 6) is 1.23. The summed E-state index contributed by atoms with van der Waals surface area (Å²) in [6.07, 6.45) is 3.94. The van der Waals surface area contributed by atoms with E-state index in [0.717, 1.165) is 11.3 Å². The molecule has 0 aliphatic carbocycles. The van der Waals surface area contributed by atoms with Crippen LogP contribution in [-0.2, 0) is 17.8 Å². The van der Waals surface area contributed by atoms with Gasteiger partial charge in [-0.05, 0) is 18.1 Å². The molecule has 1 aromatic heterocycles. The van der Waals surface area contributed by atoms with Crippen molar-refractivity contribution in [1.29, 1.82) is 0 Å². The molecule has 1 aliphatic heterocycles. The lowest BCUT2D eigenvalue weighted by molar-refractivity contribution is -0.126. The van der Waals surface area contributed by atoms with Gasteiger partial charge in [0.05, 0.1) is 30.8 Å². The largest absolute Gasteiger partial charge is 0.493 e. The van der Waals surface area contributed by atoms with Crippen LogP contribution in [0.5, 0.6) is 11.5 Å². The number of nitrogens with one attached hydrogen (secondary N) is 1. The molecule has 1 N–H and O–H groups in total. The topological polar surface area (TPSA) is 65.4 Å². The molecule has 1 amide bonds. The second kappa shape index (κ2) is 6.91. The minimum Gasteiger partial charge on any atom is -0.493 e. The van der Waals surface area contributed by atoms with Gasteiger partial charge in [-0.3, -0.25) is 9.48 Å². The number of carbonyl (C=O) groups is 1. The van der Waals surface area contributed by atoms with Crippen molar-refractivity contribution in [3.63, 3.8) is 0 Å². The molecule has 2 aromatic rings. The molecule has 122 valence electrons. The minimum absolute atomic E-state index is 0.0169. The summed E-state index contributed by atoms with van der Waals surface area (Å²) in [4.78, 5) is 12.3. The van der Waals surface area contributed by atoms with Crippen LogP contribution in [-0.4, -0.2) is 35.9 Å². The molecule has 3 rings (SSSR count). The second-order valence-corrected chi connectivity index (χ2v) is 5.81. The van der Waals surface area contributed by atoms with E-state index in [2.05, 4.69) is 10.4 Å². The van der Waals surface area contributed by atoms with Crippen molar-refractivity contribution >= 4 is 17.5 Å². The fourth-order valence-corrected chi connectivity index (χ4v) is 2.78. The molecule has 0 radical (unpaired) electrons. The number of hydrogen-bond donors (Lipinski definition) is 1. The van der Waals surface area contributed by atoms with E-state index >= 15 is 0 Å². The predicted molar refractivity (Wildman–Crippen MR) is 85.9 cm³/mol. The zero-order chi connectivity index (χ0) is 16.2. The van der Waals surface area contributed by atoms with E-state index in [9.17, 15) is 4.79 Å². The van der Waals surface area contributed by atoms with Crippen molar-refractivity contribution < 1.29 is 14.3 Å². The normalized spacial score (nSPS) is 16.3. The Bertz CT molecular complexity index is 702. The summed E-state index contributed by atoms with van der Waals surface area (Å²) in [5, 5.41) is 7.57. The van der Waals surface area contributed by atoms with Crippen molar-refractivity contribution in [1.82, 2.24) is 15.1 Å². The summed E-state index contributed by atoms with van der Waals surface area (Å²) in [6, 6.07) is 5.72. The lowest BCUT2D eigenvalue weighted by Crippen LogP contribution is -2.38. The predicted octanol–water partition coefficient (Wildman–Crippen LogP) is 1.91. The Labute approximate surface area is 139 Å². The molecule has 1 unspecified atom stereocenters. The average Bonchev–Trinajstić information content (AvgIpc) is 2.99. The van der Waals surface area contributed by atoms with Gasteiger partial charge in [0.1, 0.15) is 6.61 Å². The molecule has 0 saturated heterocycles. The van der Waals surface area contributed by atoms with Gasteiger partial charge in [-0.2, -0.15) is 5.10 Å². The third-order valence-electron chi connectivity index (χ3n) is 3.79. The van der Waals surface area contributed by atoms with Gasteiger partial charge in [-0.1, -0.05) is 23.7 Å². The molecular formula is C16H18ClN3O3. The summed E-state index contributed by atoms with van der Waals surface area (Å²) < 4.78 is 12.7. The van der Waals surface area contributed by atoms with Crippen LogP contribution in [0.3, 0.4) is 0 Å². The van der Waals surface area contributed by atoms with Gasteiger partial charge < -0.3 is 14.8 Å². The van der Waals surface area contributed by atoms with Gasteiger partial charge in [0, 0.05) is 12.7 Å². The van der Waals surface area contributed by atoms with Crippen LogP contribution >= 0.6 is 11.6 Å². The van der Waals surface area contributed by atoms with Crippen LogP contribution < -0.4 is 14.8 Å². The number of methoxy groups -OCH3 is 1. The highest BCUT2D eigenvalue weighted by Crippen LogP contribution is 2.35. The molecule has 0 saturated carbocycles. The van der Waals surface area contributed by atoms with Crippen LogP contribution in [0, 0.1) is 5.92 Å². The van der Waals surface area contributed by atoms with Crippen molar-refractivity contribution in [2.45, 2.75) is 13.0 Å². The van der Waals surface area contributed by atoms with Gasteiger partial charge in [0.15, 0.2) is 11.5 Å². The Kier molecular flexibility index (Phi) is 4.71.